The first-order valence-corrected chi connectivity index (χ1v) is 8.11. The second kappa shape index (κ2) is 4.46. The van der Waals surface area contributed by atoms with Crippen molar-refractivity contribution in [3.05, 3.63) is 56.8 Å². The number of rotatable bonds is 1. The molecule has 0 unspecified atom stereocenters. The van der Waals surface area contributed by atoms with Crippen molar-refractivity contribution in [3.63, 3.8) is 0 Å². The monoisotopic (exact) mass is 269 g/mol. The number of aryl methyl sites for hydroxylation is 2. The van der Waals surface area contributed by atoms with Crippen LogP contribution < -0.4 is 5.32 Å². The Morgan fingerprint density at radius 2 is 2.16 bits per heavy atom. The third kappa shape index (κ3) is 1.78. The number of hydrogen-bond acceptors (Lipinski definition) is 2. The molecule has 0 fully saturated rings. The van der Waals surface area contributed by atoms with E-state index in [1.165, 1.54) is 17.7 Å². The molecule has 0 radical (unpaired) electrons. The lowest BCUT2D eigenvalue weighted by Gasteiger charge is -2.37. The number of hydrogen-bond donors (Lipinski definition) is 1. The van der Waals surface area contributed by atoms with Gasteiger partial charge in [-0.3, -0.25) is 0 Å². The van der Waals surface area contributed by atoms with Gasteiger partial charge in [-0.25, -0.2) is 0 Å². The van der Waals surface area contributed by atoms with E-state index >= 15 is 0 Å². The Morgan fingerprint density at radius 3 is 3.05 bits per heavy atom. The zero-order valence-corrected chi connectivity index (χ0v) is 12.1. The Kier molecular flexibility index (Phi) is 2.75. The van der Waals surface area contributed by atoms with Gasteiger partial charge in [0.2, 0.25) is 0 Å². The Balaban J connectivity index is 1.87. The van der Waals surface area contributed by atoms with Crippen LogP contribution in [0, 0.1) is 0 Å². The van der Waals surface area contributed by atoms with Gasteiger partial charge in [0.15, 0.2) is 0 Å². The summed E-state index contributed by atoms with van der Waals surface area (Å²) in [6.45, 7) is 3.33. The van der Waals surface area contributed by atoms with Crippen LogP contribution in [0.4, 0.5) is 0 Å². The van der Waals surface area contributed by atoms with Crippen molar-refractivity contribution in [2.75, 3.05) is 0 Å². The van der Waals surface area contributed by atoms with E-state index in [9.17, 15) is 0 Å². The molecular weight excluding hydrogens is 250 g/mol. The molecule has 1 aliphatic carbocycles. The van der Waals surface area contributed by atoms with Crippen LogP contribution in [-0.4, -0.2) is 6.04 Å². The molecule has 1 aromatic carbocycles. The molecule has 0 saturated carbocycles. The topological polar surface area (TPSA) is 12.0 Å². The van der Waals surface area contributed by atoms with E-state index in [2.05, 4.69) is 42.6 Å². The number of fused-ring (bicyclic) bond motifs is 5. The van der Waals surface area contributed by atoms with E-state index in [1.807, 2.05) is 11.3 Å². The predicted molar refractivity (Wildman–Crippen MR) is 80.9 cm³/mol. The Labute approximate surface area is 118 Å². The van der Waals surface area contributed by atoms with Crippen LogP contribution in [0.3, 0.4) is 0 Å². The first-order chi connectivity index (χ1) is 9.36. The maximum Gasteiger partial charge on any atom is 0.0343 e. The van der Waals surface area contributed by atoms with Crippen molar-refractivity contribution < 1.29 is 0 Å². The van der Waals surface area contributed by atoms with Crippen LogP contribution in [0.2, 0.25) is 0 Å². The predicted octanol–water partition coefficient (Wildman–Crippen LogP) is 3.86. The molecule has 0 saturated heterocycles. The van der Waals surface area contributed by atoms with Crippen LogP contribution in [0.25, 0.3) is 0 Å². The number of nitrogens with one attached hydrogen (secondary N) is 1. The summed E-state index contributed by atoms with van der Waals surface area (Å²) in [5.41, 5.74) is 4.67. The number of thiophene rings is 1. The summed E-state index contributed by atoms with van der Waals surface area (Å²) in [4.78, 5) is 3.17. The minimum atomic E-state index is 0.596. The first-order valence-electron chi connectivity index (χ1n) is 7.29. The molecule has 1 aromatic heterocycles. The first kappa shape index (κ1) is 11.7. The minimum Gasteiger partial charge on any atom is -0.309 e. The molecule has 1 nitrogen and oxygen atoms in total. The van der Waals surface area contributed by atoms with Gasteiger partial charge in [-0.1, -0.05) is 31.2 Å². The van der Waals surface area contributed by atoms with E-state index in [1.54, 1.807) is 21.6 Å². The Morgan fingerprint density at radius 1 is 1.26 bits per heavy atom. The van der Waals surface area contributed by atoms with Crippen LogP contribution >= 0.6 is 11.3 Å². The smallest absolute Gasteiger partial charge is 0.0343 e. The highest BCUT2D eigenvalue weighted by molar-refractivity contribution is 7.12. The van der Waals surface area contributed by atoms with Crippen molar-refractivity contribution >= 4 is 11.3 Å². The fourth-order valence-corrected chi connectivity index (χ4v) is 4.93. The molecule has 2 aliphatic rings. The van der Waals surface area contributed by atoms with Crippen molar-refractivity contribution in [1.82, 2.24) is 5.32 Å². The second-order valence-corrected chi connectivity index (χ2v) is 6.83. The molecule has 19 heavy (non-hydrogen) atoms. The van der Waals surface area contributed by atoms with Crippen LogP contribution in [0.15, 0.2) is 30.3 Å². The lowest BCUT2D eigenvalue weighted by atomic mass is 9.76. The molecule has 1 N–H and O–H groups in total. The summed E-state index contributed by atoms with van der Waals surface area (Å²) in [5.74, 6) is 0.596. The maximum atomic E-state index is 3.76. The summed E-state index contributed by atoms with van der Waals surface area (Å²) in [7, 11) is 0. The number of benzene rings is 1. The van der Waals surface area contributed by atoms with Crippen molar-refractivity contribution in [2.45, 2.75) is 44.7 Å². The molecule has 2 atom stereocenters. The van der Waals surface area contributed by atoms with Gasteiger partial charge in [-0.15, -0.1) is 11.3 Å². The zero-order valence-electron chi connectivity index (χ0n) is 11.3. The van der Waals surface area contributed by atoms with E-state index in [0.717, 1.165) is 13.0 Å². The molecule has 0 amide bonds. The molecule has 2 aromatic rings. The zero-order chi connectivity index (χ0) is 12.8. The van der Waals surface area contributed by atoms with Gasteiger partial charge in [0.1, 0.15) is 0 Å². The van der Waals surface area contributed by atoms with Gasteiger partial charge < -0.3 is 5.32 Å². The molecule has 2 heterocycles. The van der Waals surface area contributed by atoms with Crippen LogP contribution in [-0.2, 0) is 19.4 Å². The van der Waals surface area contributed by atoms with Crippen LogP contribution in [0.5, 0.6) is 0 Å². The lowest BCUT2D eigenvalue weighted by molar-refractivity contribution is 0.399. The van der Waals surface area contributed by atoms with Gasteiger partial charge in [0.25, 0.3) is 0 Å². The summed E-state index contributed by atoms with van der Waals surface area (Å²) in [6.07, 6.45) is 3.67. The normalized spacial score (nSPS) is 24.5. The highest BCUT2D eigenvalue weighted by Crippen LogP contribution is 2.44. The molecular formula is C17H19NS. The third-order valence-electron chi connectivity index (χ3n) is 4.60. The minimum absolute atomic E-state index is 0.596. The molecule has 0 spiro atoms. The molecule has 1 aliphatic heterocycles. The van der Waals surface area contributed by atoms with Gasteiger partial charge in [0, 0.05) is 28.3 Å². The fraction of sp³-hybridized carbons (Fsp3) is 0.412. The largest absolute Gasteiger partial charge is 0.309 e. The molecule has 98 valence electrons. The average molecular weight is 269 g/mol. The van der Waals surface area contributed by atoms with E-state index < -0.39 is 0 Å². The summed E-state index contributed by atoms with van der Waals surface area (Å²) >= 11 is 2.04. The molecule has 4 rings (SSSR count). The molecule has 0 bridgehead atoms. The van der Waals surface area contributed by atoms with Crippen molar-refractivity contribution in [1.29, 1.82) is 0 Å². The highest BCUT2D eigenvalue weighted by Gasteiger charge is 2.35. The lowest BCUT2D eigenvalue weighted by Crippen LogP contribution is -2.41. The van der Waals surface area contributed by atoms with Crippen molar-refractivity contribution in [3.8, 4) is 0 Å². The quantitative estimate of drug-likeness (QED) is 0.829. The van der Waals surface area contributed by atoms with E-state index in [-0.39, 0.29) is 0 Å². The van der Waals surface area contributed by atoms with Crippen LogP contribution in [0.1, 0.15) is 45.7 Å². The maximum absolute atomic E-state index is 3.76. The van der Waals surface area contributed by atoms with Crippen molar-refractivity contribution in [2.24, 2.45) is 0 Å². The van der Waals surface area contributed by atoms with Gasteiger partial charge in [-0.2, -0.15) is 0 Å². The standard InChI is InChI=1S/C17H19NS/c1-2-13-9-12-10-18-15-8-7-11-5-3-4-6-14(11)16(15)17(12)19-13/h3-6,9,15-16,18H,2,7-8,10H2,1H3/t15-,16-/m0/s1. The van der Waals surface area contributed by atoms with Gasteiger partial charge in [-0.05, 0) is 42.0 Å². The average Bonchev–Trinajstić information content (AvgIpc) is 2.90. The Hall–Kier alpha value is -1.12. The van der Waals surface area contributed by atoms with E-state index in [0.29, 0.717) is 12.0 Å². The van der Waals surface area contributed by atoms with Gasteiger partial charge >= 0.3 is 0 Å². The van der Waals surface area contributed by atoms with E-state index in [4.69, 9.17) is 0 Å². The van der Waals surface area contributed by atoms with Gasteiger partial charge in [0.05, 0.1) is 0 Å². The summed E-state index contributed by atoms with van der Waals surface area (Å²) in [6, 6.07) is 12.1. The summed E-state index contributed by atoms with van der Waals surface area (Å²) < 4.78 is 0. The SMILES string of the molecule is CCc1cc2c(s1)[C@H]1c3ccccc3CC[C@@H]1NC2. The second-order valence-electron chi connectivity index (χ2n) is 5.66. The summed E-state index contributed by atoms with van der Waals surface area (Å²) in [5, 5.41) is 3.76. The third-order valence-corrected chi connectivity index (χ3v) is 6.00. The fourth-order valence-electron chi connectivity index (χ4n) is 3.62. The Bertz CT molecular complexity index is 613. The molecule has 2 heteroatoms. The highest BCUT2D eigenvalue weighted by atomic mass is 32.1.